The average molecular weight is 1870 g/mol. The standard InChI is InChI=1S/C79H115BrN20O28/c1-35(2)23-48(71(121)94-52(28-55(82)103)67(117)87-32-57(105)85-31-56(104)86-33-58(106)89-54(34-101)74(124)93-50(70(120)88-38(7)65(83)115)25-40-15-17-42(80)18-16-40)92-72(122)53(29-62(113)114)95-68(118)46(19-21-59(107)108)90-76(126)63(37(5)6)98-73(123)49(24-36(3)4)91-69(119)47(20-22-60(109)110)97-78(128)79(9,10)100-75(125)51(26-41-30-84-45-14-12-11-13-43(41)45)96-77(127)64(39(8)102)99-66(116)44(81)27-61(111)112/h11-18,30,35-39,44,46-54,63-64,84,101-102H,19-29,31-34,81H2,1-10H3,(H2,82,103)(H2,83,115)(H,85,105)(H,86,104)(H,87,117)(H,88,120)(H,89,106)(H,90,126)(H,91,119)(H,92,122)(H,93,124)(H,94,121)(H,95,118)(H,96,127)(H,97,128)(H,98,123)(H,99,116)(H,100,125)(H,107,108)(H,109,110)(H,111,112)(H,113,114)/t38-,39+,44+,46+,47+,48+,49+,50-,51+,52+,53+,54-,63+,64+/m0/s1. The van der Waals surface area contributed by atoms with Crippen molar-refractivity contribution in [2.75, 3.05) is 26.2 Å². The van der Waals surface area contributed by atoms with Gasteiger partial charge in [0.2, 0.25) is 106 Å². The summed E-state index contributed by atoms with van der Waals surface area (Å²) in [5.74, 6) is -28.4. The number of carbonyl (C=O) groups excluding carboxylic acids is 18. The minimum Gasteiger partial charge on any atom is -0.481 e. The number of rotatable bonds is 56. The second-order valence-corrected chi connectivity index (χ2v) is 32.6. The van der Waals surface area contributed by atoms with Gasteiger partial charge in [-0.1, -0.05) is 87.8 Å². The zero-order valence-corrected chi connectivity index (χ0v) is 73.5. The van der Waals surface area contributed by atoms with Crippen molar-refractivity contribution in [1.29, 1.82) is 0 Å². The number of aliphatic hydroxyl groups excluding tert-OH is 2. The maximum absolute atomic E-state index is 14.5. The van der Waals surface area contributed by atoms with Gasteiger partial charge in [0.15, 0.2) is 0 Å². The molecule has 18 amide bonds. The van der Waals surface area contributed by atoms with Crippen molar-refractivity contribution in [1.82, 2.24) is 90.1 Å². The van der Waals surface area contributed by atoms with Gasteiger partial charge < -0.3 is 138 Å². The van der Waals surface area contributed by atoms with E-state index in [0.717, 1.165) is 6.92 Å². The number of H-pyrrole nitrogens is 1. The van der Waals surface area contributed by atoms with Crippen molar-refractivity contribution in [2.24, 2.45) is 35.0 Å². The topological polar surface area (TPSA) is 783 Å². The third kappa shape index (κ3) is 38.7. The monoisotopic (exact) mass is 1870 g/mol. The third-order valence-corrected chi connectivity index (χ3v) is 19.5. The van der Waals surface area contributed by atoms with Gasteiger partial charge in [-0.3, -0.25) is 105 Å². The molecule has 0 fully saturated rings. The largest absolute Gasteiger partial charge is 0.481 e. The molecule has 14 atom stereocenters. The number of aromatic nitrogens is 1. The molecule has 3 rings (SSSR count). The van der Waals surface area contributed by atoms with E-state index >= 15 is 0 Å². The second kappa shape index (κ2) is 52.6. The summed E-state index contributed by atoms with van der Waals surface area (Å²) in [6, 6.07) is -8.86. The molecule has 49 heteroatoms. The van der Waals surface area contributed by atoms with Gasteiger partial charge in [0.25, 0.3) is 0 Å². The molecule has 0 aliphatic heterocycles. The summed E-state index contributed by atoms with van der Waals surface area (Å²) in [5.41, 5.74) is 15.9. The van der Waals surface area contributed by atoms with Crippen LogP contribution < -0.4 is 102 Å². The number of hydrogen-bond donors (Lipinski definition) is 26. The van der Waals surface area contributed by atoms with E-state index in [2.05, 4.69) is 106 Å². The summed E-state index contributed by atoms with van der Waals surface area (Å²) in [4.78, 5) is 294. The lowest BCUT2D eigenvalue weighted by Gasteiger charge is -2.31. The molecule has 48 nitrogen and oxygen atoms in total. The van der Waals surface area contributed by atoms with Gasteiger partial charge in [0.1, 0.15) is 78.0 Å². The third-order valence-electron chi connectivity index (χ3n) is 19.0. The minimum atomic E-state index is -2.16. The molecule has 1 heterocycles. The molecule has 0 unspecified atom stereocenters. The number of amides is 18. The molecule has 0 spiro atoms. The Kier molecular flexibility index (Phi) is 44.7. The van der Waals surface area contributed by atoms with Crippen molar-refractivity contribution >= 4 is 157 Å². The fraction of sp³-hybridized carbons (Fsp3) is 0.544. The van der Waals surface area contributed by atoms with Gasteiger partial charge in [0.05, 0.1) is 57.6 Å². The number of carbonyl (C=O) groups is 22. The molecule has 706 valence electrons. The van der Waals surface area contributed by atoms with Crippen LogP contribution in [0.2, 0.25) is 0 Å². The van der Waals surface area contributed by atoms with Gasteiger partial charge in [-0.15, -0.1) is 0 Å². The van der Waals surface area contributed by atoms with Crippen LogP contribution in [0.25, 0.3) is 10.9 Å². The molecule has 1 aromatic heterocycles. The van der Waals surface area contributed by atoms with Crippen molar-refractivity contribution < 1.29 is 136 Å². The lowest BCUT2D eigenvalue weighted by atomic mass is 9.98. The Balaban J connectivity index is 1.79. The Hall–Kier alpha value is -13.3. The van der Waals surface area contributed by atoms with Crippen LogP contribution in [0.4, 0.5) is 0 Å². The van der Waals surface area contributed by atoms with Gasteiger partial charge >= 0.3 is 23.9 Å². The van der Waals surface area contributed by atoms with Gasteiger partial charge in [0, 0.05) is 47.3 Å². The number of aliphatic hydroxyl groups is 2. The van der Waals surface area contributed by atoms with E-state index < -0.39 is 309 Å². The van der Waals surface area contributed by atoms with Crippen LogP contribution in [0.5, 0.6) is 0 Å². The number of aliphatic carboxylic acids is 4. The average Bonchev–Trinajstić information content (AvgIpc) is 1.70. The highest BCUT2D eigenvalue weighted by atomic mass is 79.9. The predicted molar refractivity (Wildman–Crippen MR) is 452 cm³/mol. The highest BCUT2D eigenvalue weighted by Crippen LogP contribution is 2.22. The molecule has 2 aromatic carbocycles. The van der Waals surface area contributed by atoms with E-state index in [-0.39, 0.29) is 25.7 Å². The first-order valence-corrected chi connectivity index (χ1v) is 41.1. The number of primary amides is 2. The number of carboxylic acid groups (broad SMARTS) is 4. The molecule has 29 N–H and O–H groups in total. The molecule has 128 heavy (non-hydrogen) atoms. The summed E-state index contributed by atoms with van der Waals surface area (Å²) in [6.45, 7) is 10.3. The molecule has 3 aromatic rings. The van der Waals surface area contributed by atoms with E-state index in [1.54, 1.807) is 76.2 Å². The molecule has 0 bridgehead atoms. The van der Waals surface area contributed by atoms with E-state index in [0.29, 0.717) is 26.5 Å². The van der Waals surface area contributed by atoms with Crippen LogP contribution in [0.3, 0.4) is 0 Å². The minimum absolute atomic E-state index is 0.119. The Morgan fingerprint density at radius 1 is 0.430 bits per heavy atom. The number of para-hydroxylation sites is 1. The summed E-state index contributed by atoms with van der Waals surface area (Å²) < 4.78 is 0.700. The van der Waals surface area contributed by atoms with E-state index in [9.17, 15) is 136 Å². The number of halogens is 1. The Labute approximate surface area is 741 Å². The summed E-state index contributed by atoms with van der Waals surface area (Å²) in [5, 5.41) is 96.6. The molecule has 0 saturated heterocycles. The number of benzene rings is 2. The first-order chi connectivity index (χ1) is 59.7. The number of fused-ring (bicyclic) bond motifs is 1. The number of carboxylic acids is 4. The van der Waals surface area contributed by atoms with E-state index in [4.69, 9.17) is 17.2 Å². The lowest BCUT2D eigenvalue weighted by Crippen LogP contribution is -2.64. The lowest BCUT2D eigenvalue weighted by molar-refractivity contribution is -0.142. The molecular formula is C79H115BrN20O28. The van der Waals surface area contributed by atoms with E-state index in [1.807, 2.05) is 0 Å². The van der Waals surface area contributed by atoms with Crippen LogP contribution in [-0.2, 0) is 118 Å². The molecule has 0 saturated carbocycles. The Morgan fingerprint density at radius 3 is 1.36 bits per heavy atom. The van der Waals surface area contributed by atoms with Gasteiger partial charge in [-0.05, 0) is 100 Å². The maximum atomic E-state index is 14.5. The molecule has 0 aliphatic carbocycles. The quantitative estimate of drug-likeness (QED) is 0.0250. The van der Waals surface area contributed by atoms with Crippen molar-refractivity contribution in [2.45, 2.75) is 230 Å². The molecular weight excluding hydrogens is 1760 g/mol. The van der Waals surface area contributed by atoms with Gasteiger partial charge in [-0.2, -0.15) is 0 Å². The fourth-order valence-electron chi connectivity index (χ4n) is 12.1. The zero-order valence-electron chi connectivity index (χ0n) is 71.9. The predicted octanol–water partition coefficient (Wildman–Crippen LogP) is -7.72. The van der Waals surface area contributed by atoms with E-state index in [1.165, 1.54) is 40.8 Å². The van der Waals surface area contributed by atoms with Crippen LogP contribution >= 0.6 is 15.9 Å². The first-order valence-electron chi connectivity index (χ1n) is 40.3. The second-order valence-electron chi connectivity index (χ2n) is 31.7. The van der Waals surface area contributed by atoms with Crippen molar-refractivity contribution in [3.05, 3.63) is 70.3 Å². The zero-order chi connectivity index (χ0) is 96.9. The first kappa shape index (κ1) is 109. The number of aromatic amines is 1. The maximum Gasteiger partial charge on any atom is 0.305 e. The van der Waals surface area contributed by atoms with Gasteiger partial charge in [-0.25, -0.2) is 0 Å². The smallest absolute Gasteiger partial charge is 0.305 e. The Bertz CT molecular complexity index is 4520. The number of nitrogens with one attached hydrogen (secondary N) is 17. The molecule has 0 aliphatic rings. The van der Waals surface area contributed by atoms with Crippen LogP contribution in [0.1, 0.15) is 138 Å². The van der Waals surface area contributed by atoms with Crippen molar-refractivity contribution in [3.8, 4) is 0 Å². The van der Waals surface area contributed by atoms with Crippen LogP contribution in [0, 0.1) is 17.8 Å². The SMILES string of the molecule is CC(C)C[C@@H](NC(=O)[C@@H](CC(=O)O)NC(=O)[C@@H](CCC(=O)O)NC(=O)[C@H](NC(=O)[C@@H](CC(C)C)NC(=O)[C@@H](CCC(=O)O)NC(=O)C(C)(C)NC(=O)[C@@H](Cc1c[nH]c2ccccc12)NC(=O)[C@H](NC(=O)[C@H](N)CC(=O)O)[C@@H](C)O)C(C)C)C(=O)N[C@H](CC(N)=O)C(=O)NCC(=O)NCC(=O)NCC(=O)N[C@@H](CO)C(=O)N[C@@H](Cc1ccc(Br)cc1)C(=O)N[C@@H](C)C(N)=O. The summed E-state index contributed by atoms with van der Waals surface area (Å²) in [7, 11) is 0. The number of hydrogen-bond acceptors (Lipinski definition) is 25. The highest BCUT2D eigenvalue weighted by Gasteiger charge is 2.41. The van der Waals surface area contributed by atoms with Crippen molar-refractivity contribution in [3.63, 3.8) is 0 Å². The molecule has 0 radical (unpaired) electrons. The normalized spacial score (nSPS) is 14.5. The Morgan fingerprint density at radius 2 is 0.859 bits per heavy atom. The van der Waals surface area contributed by atoms with Crippen LogP contribution in [-0.4, -0.2) is 282 Å². The van der Waals surface area contributed by atoms with Crippen LogP contribution in [0.15, 0.2) is 59.2 Å². The highest BCUT2D eigenvalue weighted by molar-refractivity contribution is 9.10. The fourth-order valence-corrected chi connectivity index (χ4v) is 12.3. The summed E-state index contributed by atoms with van der Waals surface area (Å²) in [6.07, 6.45) is -7.25. The summed E-state index contributed by atoms with van der Waals surface area (Å²) >= 11 is 3.29. The number of nitrogens with two attached hydrogens (primary N) is 3.